The Bertz CT molecular complexity index is 1100. The minimum Gasteiger partial charge on any atom is -0.372 e. The molecule has 0 radical (unpaired) electrons. The zero-order chi connectivity index (χ0) is 34.5. The van der Waals surface area contributed by atoms with Crippen LogP contribution in [0, 0.1) is 0 Å². The van der Waals surface area contributed by atoms with Crippen LogP contribution in [0.2, 0.25) is 0 Å². The lowest BCUT2D eigenvalue weighted by molar-refractivity contribution is -0.272. The third-order valence-electron chi connectivity index (χ3n) is 6.10. The maximum absolute atomic E-state index is 14.4. The smallest absolute Gasteiger partial charge is 0.372 e. The van der Waals surface area contributed by atoms with E-state index >= 15 is 0 Å². The van der Waals surface area contributed by atoms with Gasteiger partial charge < -0.3 is 26.6 Å². The molecule has 0 fully saturated rings. The van der Waals surface area contributed by atoms with E-state index in [-0.39, 0.29) is 0 Å². The highest BCUT2D eigenvalue weighted by Gasteiger charge is 2.76. The predicted octanol–water partition coefficient (Wildman–Crippen LogP) is 7.22. The average molecular weight is 701 g/mol. The molecule has 0 aliphatic heterocycles. The van der Waals surface area contributed by atoms with Crippen LogP contribution in [0.15, 0.2) is 42.5 Å². The van der Waals surface area contributed by atoms with Crippen molar-refractivity contribution in [3.8, 4) is 0 Å². The summed E-state index contributed by atoms with van der Waals surface area (Å²) in [4.78, 5) is 0. The van der Waals surface area contributed by atoms with Gasteiger partial charge in [-0.05, 0) is 52.3 Å². The van der Waals surface area contributed by atoms with Crippen molar-refractivity contribution in [2.24, 2.45) is 0 Å². The molecular weight excluding hydrogens is 659 g/mol. The summed E-state index contributed by atoms with van der Waals surface area (Å²) in [5, 5.41) is 3.39. The van der Waals surface area contributed by atoms with Crippen LogP contribution in [-0.2, 0) is 26.6 Å². The summed E-state index contributed by atoms with van der Waals surface area (Å²) in [5.74, 6) is -16.1. The van der Waals surface area contributed by atoms with Gasteiger partial charge in [0, 0.05) is 44.8 Å². The van der Waals surface area contributed by atoms with Crippen molar-refractivity contribution in [3.63, 3.8) is 0 Å². The first kappa shape index (κ1) is 41.3. The van der Waals surface area contributed by atoms with Gasteiger partial charge in [0.25, 0.3) is 6.43 Å². The van der Waals surface area contributed by atoms with E-state index in [0.29, 0.717) is 19.8 Å². The summed E-state index contributed by atoms with van der Waals surface area (Å²) in [6, 6.07) is 14.5. The maximum atomic E-state index is 14.4. The van der Waals surface area contributed by atoms with Crippen LogP contribution < -0.4 is 5.19 Å². The first-order valence-electron chi connectivity index (χ1n) is 14.4. The molecule has 6 nitrogen and oxygen atoms in total. The Balaban J connectivity index is 0.000000459. The minimum absolute atomic E-state index is 0.476. The van der Waals surface area contributed by atoms with Crippen LogP contribution in [0.5, 0.6) is 0 Å². The van der Waals surface area contributed by atoms with Crippen molar-refractivity contribution < 1.29 is 66.1 Å². The lowest BCUT2D eigenvalue weighted by Gasteiger charge is -2.38. The van der Waals surface area contributed by atoms with Gasteiger partial charge in [0.05, 0.1) is 0 Å². The fourth-order valence-electron chi connectivity index (χ4n) is 4.27. The van der Waals surface area contributed by atoms with Crippen molar-refractivity contribution in [1.29, 1.82) is 0 Å². The molecule has 2 rings (SSSR count). The fraction of sp³-hybridized carbons (Fsp3) is 0.643. The first-order chi connectivity index (χ1) is 21.1. The number of benzene rings is 2. The molecule has 0 bridgehead atoms. The third-order valence-corrected chi connectivity index (χ3v) is 12.3. The second-order valence-corrected chi connectivity index (χ2v) is 14.2. The van der Waals surface area contributed by atoms with Gasteiger partial charge in [0.1, 0.15) is 0 Å². The van der Waals surface area contributed by atoms with Crippen molar-refractivity contribution >= 4 is 33.6 Å². The summed E-state index contributed by atoms with van der Waals surface area (Å²) in [5.41, 5.74) is 0. The van der Waals surface area contributed by atoms with Gasteiger partial charge in [-0.1, -0.05) is 42.5 Å². The molecular formula is C28H41F9O6Si2. The fourth-order valence-corrected chi connectivity index (χ4v) is 9.52. The molecule has 0 spiro atoms. The average Bonchev–Trinajstić information content (AvgIpc) is 3.00. The van der Waals surface area contributed by atoms with E-state index in [4.69, 9.17) is 13.3 Å². The van der Waals surface area contributed by atoms with Gasteiger partial charge in [-0.25, -0.2) is 22.0 Å². The molecule has 3 atom stereocenters. The van der Waals surface area contributed by atoms with E-state index in [1.54, 1.807) is 0 Å². The SMILES string of the molecule is CCO[Si](OCC)(OCC)C(F)C(F)(F)C(F)(F)C(F)C(F)C(F)F.CCO[Si](OCC)(OCC)c1cccc2ccccc12. The van der Waals surface area contributed by atoms with Gasteiger partial charge in [-0.3, -0.25) is 0 Å². The first-order valence-corrected chi connectivity index (χ1v) is 17.9. The van der Waals surface area contributed by atoms with Crippen molar-refractivity contribution in [1.82, 2.24) is 0 Å². The third kappa shape index (κ3) is 9.65. The van der Waals surface area contributed by atoms with Crippen molar-refractivity contribution in [2.75, 3.05) is 39.6 Å². The molecule has 45 heavy (non-hydrogen) atoms. The quantitative estimate of drug-likeness (QED) is 0.114. The molecule has 3 unspecified atom stereocenters. The molecule has 0 aliphatic rings. The second-order valence-electron chi connectivity index (χ2n) is 9.07. The molecule has 0 N–H and O–H groups in total. The van der Waals surface area contributed by atoms with Crippen LogP contribution in [0.25, 0.3) is 10.8 Å². The van der Waals surface area contributed by atoms with E-state index in [1.165, 1.54) is 26.2 Å². The highest BCUT2D eigenvalue weighted by Crippen LogP contribution is 2.47. The normalized spacial score (nSPS) is 15.1. The molecule has 0 saturated heterocycles. The molecule has 2 aromatic carbocycles. The molecule has 0 heterocycles. The van der Waals surface area contributed by atoms with Crippen LogP contribution in [0.1, 0.15) is 41.5 Å². The Morgan fingerprint density at radius 3 is 1.42 bits per heavy atom. The molecule has 0 aromatic heterocycles. The van der Waals surface area contributed by atoms with E-state index in [1.807, 2.05) is 39.0 Å². The Morgan fingerprint density at radius 1 is 0.578 bits per heavy atom. The van der Waals surface area contributed by atoms with E-state index in [0.717, 1.165) is 10.6 Å². The molecule has 17 heteroatoms. The molecule has 260 valence electrons. The molecule has 0 amide bonds. The largest absolute Gasteiger partial charge is 0.543 e. The Morgan fingerprint density at radius 2 is 1.00 bits per heavy atom. The molecule has 2 aromatic rings. The van der Waals surface area contributed by atoms with Crippen LogP contribution in [0.4, 0.5) is 39.5 Å². The van der Waals surface area contributed by atoms with Crippen LogP contribution in [0.3, 0.4) is 0 Å². The van der Waals surface area contributed by atoms with Gasteiger partial charge >= 0.3 is 29.5 Å². The number of hydrogen-bond donors (Lipinski definition) is 0. The number of halogens is 9. The highest BCUT2D eigenvalue weighted by atomic mass is 28.4. The predicted molar refractivity (Wildman–Crippen MR) is 155 cm³/mol. The van der Waals surface area contributed by atoms with Crippen LogP contribution >= 0.6 is 0 Å². The summed E-state index contributed by atoms with van der Waals surface area (Å²) in [7, 11) is -7.96. The van der Waals surface area contributed by atoms with Crippen molar-refractivity contribution in [3.05, 3.63) is 42.5 Å². The summed E-state index contributed by atoms with van der Waals surface area (Å²) in [6.45, 7) is 9.85. The standard InChI is InChI=1S/C16H22O3Si.C12H19F9O3Si/c1-4-17-20(18-5-2,19-6-3)16-13-9-11-14-10-7-8-12-15(14)16;1-4-22-25(23-5-2,24-6-3)10(17)12(20,21)11(18,19)8(14)7(13)9(15)16/h7-13H,4-6H2,1-3H3;7-10H,4-6H2,1-3H3. The van der Waals surface area contributed by atoms with E-state index in [9.17, 15) is 39.5 Å². The lowest BCUT2D eigenvalue weighted by Crippen LogP contribution is -2.68. The number of rotatable bonds is 19. The number of alkyl halides is 9. The second kappa shape index (κ2) is 18.6. The molecule has 0 aliphatic carbocycles. The maximum Gasteiger partial charge on any atom is 0.543 e. The zero-order valence-corrected chi connectivity index (χ0v) is 27.9. The Kier molecular flexibility index (Phi) is 17.0. The summed E-state index contributed by atoms with van der Waals surface area (Å²) < 4.78 is 152. The van der Waals surface area contributed by atoms with Crippen LogP contribution in [-0.4, -0.2) is 93.7 Å². The number of hydrogen-bond acceptors (Lipinski definition) is 6. The lowest BCUT2D eigenvalue weighted by atomic mass is 10.0. The van der Waals surface area contributed by atoms with E-state index in [2.05, 4.69) is 37.5 Å². The number of fused-ring (bicyclic) bond motifs is 1. The van der Waals surface area contributed by atoms with Gasteiger partial charge in [0.15, 0.2) is 6.17 Å². The molecule has 0 saturated carbocycles. The highest BCUT2D eigenvalue weighted by molar-refractivity contribution is 6.77. The summed E-state index contributed by atoms with van der Waals surface area (Å²) >= 11 is 0. The Hall–Kier alpha value is -1.74. The van der Waals surface area contributed by atoms with Gasteiger partial charge in [-0.2, -0.15) is 17.6 Å². The Labute approximate surface area is 259 Å². The van der Waals surface area contributed by atoms with Gasteiger partial charge in [-0.15, -0.1) is 0 Å². The topological polar surface area (TPSA) is 55.4 Å². The van der Waals surface area contributed by atoms with Gasteiger partial charge in [0.2, 0.25) is 12.0 Å². The summed E-state index contributed by atoms with van der Waals surface area (Å²) in [6.07, 6.45) is -13.2. The minimum atomic E-state index is -6.11. The van der Waals surface area contributed by atoms with Crippen molar-refractivity contribution in [2.45, 2.75) is 78.0 Å². The zero-order valence-electron chi connectivity index (χ0n) is 25.9. The monoisotopic (exact) mass is 700 g/mol. The van der Waals surface area contributed by atoms with E-state index < -0.39 is 73.8 Å².